The second kappa shape index (κ2) is 4.42. The smallest absolute Gasteiger partial charge is 0.270 e. The Kier molecular flexibility index (Phi) is 2.74. The Labute approximate surface area is 110 Å². The summed E-state index contributed by atoms with van der Waals surface area (Å²) < 4.78 is 0. The van der Waals surface area contributed by atoms with Gasteiger partial charge in [-0.1, -0.05) is 11.6 Å². The molecule has 19 heavy (non-hydrogen) atoms. The van der Waals surface area contributed by atoms with Crippen LogP contribution in [-0.2, 0) is 4.79 Å². The average Bonchev–Trinajstić information content (AvgIpc) is 2.80. The van der Waals surface area contributed by atoms with Gasteiger partial charge in [-0.3, -0.25) is 9.59 Å². The van der Waals surface area contributed by atoms with Crippen molar-refractivity contribution in [2.24, 2.45) is 0 Å². The highest BCUT2D eigenvalue weighted by Gasteiger charge is 2.23. The molecule has 0 atom stereocenters. The van der Waals surface area contributed by atoms with Crippen molar-refractivity contribution in [2.75, 3.05) is 19.6 Å². The summed E-state index contributed by atoms with van der Waals surface area (Å²) in [5.41, 5.74) is 2.63. The number of H-pyrrole nitrogens is 1. The number of fused-ring (bicyclic) bond motifs is 1. The number of aromatic nitrogens is 1. The number of nitrogens with zero attached hydrogens (tertiary/aromatic N) is 1. The molecule has 1 aromatic carbocycles. The van der Waals surface area contributed by atoms with Gasteiger partial charge in [0.1, 0.15) is 5.69 Å². The van der Waals surface area contributed by atoms with Crippen LogP contribution in [0.2, 0.25) is 0 Å². The lowest BCUT2D eigenvalue weighted by Gasteiger charge is -2.26. The normalized spacial score (nSPS) is 15.6. The maximum Gasteiger partial charge on any atom is 0.270 e. The highest BCUT2D eigenvalue weighted by atomic mass is 16.2. The minimum Gasteiger partial charge on any atom is -0.353 e. The molecule has 0 unspecified atom stereocenters. The molecule has 2 N–H and O–H groups in total. The third-order valence-electron chi connectivity index (χ3n) is 3.33. The molecule has 0 saturated carbocycles. The fourth-order valence-corrected chi connectivity index (χ4v) is 2.35. The van der Waals surface area contributed by atoms with E-state index in [0.29, 0.717) is 18.8 Å². The zero-order valence-electron chi connectivity index (χ0n) is 10.7. The van der Waals surface area contributed by atoms with Gasteiger partial charge in [0.2, 0.25) is 5.91 Å². The Balaban J connectivity index is 1.90. The van der Waals surface area contributed by atoms with Crippen LogP contribution in [0.4, 0.5) is 0 Å². The summed E-state index contributed by atoms with van der Waals surface area (Å²) in [6.07, 6.45) is 0. The number of nitrogens with one attached hydrogen (secondary N) is 2. The molecule has 3 rings (SSSR count). The first-order valence-electron chi connectivity index (χ1n) is 6.29. The van der Waals surface area contributed by atoms with Crippen molar-refractivity contribution in [3.8, 4) is 0 Å². The number of carbonyl (C=O) groups is 2. The molecular formula is C14H15N3O2. The SMILES string of the molecule is Cc1ccc2[nH]c(C(=O)N3CCNC(=O)C3)cc2c1. The number of carbonyl (C=O) groups excluding carboxylic acids is 2. The highest BCUT2D eigenvalue weighted by Crippen LogP contribution is 2.18. The van der Waals surface area contributed by atoms with Gasteiger partial charge in [-0.15, -0.1) is 0 Å². The lowest BCUT2D eigenvalue weighted by atomic mass is 10.2. The van der Waals surface area contributed by atoms with Crippen LogP contribution in [0.3, 0.4) is 0 Å². The minimum atomic E-state index is -0.122. The molecule has 5 heteroatoms. The van der Waals surface area contributed by atoms with E-state index in [9.17, 15) is 9.59 Å². The van der Waals surface area contributed by atoms with E-state index in [0.717, 1.165) is 16.5 Å². The first kappa shape index (κ1) is 11.8. The number of hydrogen-bond acceptors (Lipinski definition) is 2. The molecule has 0 aliphatic carbocycles. The standard InChI is InChI=1S/C14H15N3O2/c1-9-2-3-11-10(6-9)7-12(16-11)14(19)17-5-4-15-13(18)8-17/h2-3,6-7,16H,4-5,8H2,1H3,(H,15,18). The van der Waals surface area contributed by atoms with Gasteiger partial charge in [0.15, 0.2) is 0 Å². The summed E-state index contributed by atoms with van der Waals surface area (Å²) in [6, 6.07) is 7.84. The predicted octanol–water partition coefficient (Wildman–Crippen LogP) is 1.05. The summed E-state index contributed by atoms with van der Waals surface area (Å²) in [5.74, 6) is -0.227. The van der Waals surface area contributed by atoms with Crippen molar-refractivity contribution in [1.29, 1.82) is 0 Å². The molecule has 1 saturated heterocycles. The second-order valence-corrected chi connectivity index (χ2v) is 4.85. The Morgan fingerprint density at radius 1 is 1.32 bits per heavy atom. The van der Waals surface area contributed by atoms with Crippen molar-refractivity contribution in [3.05, 3.63) is 35.5 Å². The molecule has 0 bridgehead atoms. The topological polar surface area (TPSA) is 65.2 Å². The van der Waals surface area contributed by atoms with Gasteiger partial charge < -0.3 is 15.2 Å². The number of aryl methyl sites for hydroxylation is 1. The summed E-state index contributed by atoms with van der Waals surface area (Å²) in [6.45, 7) is 3.22. The molecule has 2 aromatic rings. The van der Waals surface area contributed by atoms with Gasteiger partial charge in [-0.2, -0.15) is 0 Å². The van der Waals surface area contributed by atoms with Crippen molar-refractivity contribution < 1.29 is 9.59 Å². The zero-order chi connectivity index (χ0) is 13.4. The molecule has 1 aliphatic heterocycles. The number of benzene rings is 1. The Bertz CT molecular complexity index is 660. The average molecular weight is 257 g/mol. The molecule has 0 spiro atoms. The Hall–Kier alpha value is -2.30. The molecule has 1 fully saturated rings. The van der Waals surface area contributed by atoms with E-state index in [1.807, 2.05) is 31.2 Å². The Morgan fingerprint density at radius 2 is 2.16 bits per heavy atom. The van der Waals surface area contributed by atoms with E-state index >= 15 is 0 Å². The lowest BCUT2D eigenvalue weighted by Crippen LogP contribution is -2.50. The van der Waals surface area contributed by atoms with E-state index < -0.39 is 0 Å². The van der Waals surface area contributed by atoms with Crippen LogP contribution in [0.15, 0.2) is 24.3 Å². The number of hydrogen-bond donors (Lipinski definition) is 2. The molecule has 1 aliphatic rings. The first-order chi connectivity index (χ1) is 9.13. The number of aromatic amines is 1. The van der Waals surface area contributed by atoms with Gasteiger partial charge >= 0.3 is 0 Å². The van der Waals surface area contributed by atoms with Crippen LogP contribution >= 0.6 is 0 Å². The van der Waals surface area contributed by atoms with Crippen LogP contribution < -0.4 is 5.32 Å². The Morgan fingerprint density at radius 3 is 2.95 bits per heavy atom. The predicted molar refractivity (Wildman–Crippen MR) is 71.9 cm³/mol. The van der Waals surface area contributed by atoms with Crippen LogP contribution in [0.25, 0.3) is 10.9 Å². The fourth-order valence-electron chi connectivity index (χ4n) is 2.35. The van der Waals surface area contributed by atoms with Gasteiger partial charge in [0.05, 0.1) is 6.54 Å². The van der Waals surface area contributed by atoms with E-state index in [1.165, 1.54) is 0 Å². The third-order valence-corrected chi connectivity index (χ3v) is 3.33. The van der Waals surface area contributed by atoms with Gasteiger partial charge in [-0.05, 0) is 25.1 Å². The fraction of sp³-hybridized carbons (Fsp3) is 0.286. The minimum absolute atomic E-state index is 0.105. The first-order valence-corrected chi connectivity index (χ1v) is 6.29. The third kappa shape index (κ3) is 2.19. The zero-order valence-corrected chi connectivity index (χ0v) is 10.7. The molecule has 98 valence electrons. The van der Waals surface area contributed by atoms with Crippen molar-refractivity contribution in [1.82, 2.24) is 15.2 Å². The van der Waals surface area contributed by atoms with Gasteiger partial charge in [-0.25, -0.2) is 0 Å². The van der Waals surface area contributed by atoms with Crippen LogP contribution in [0.5, 0.6) is 0 Å². The molecule has 5 nitrogen and oxygen atoms in total. The van der Waals surface area contributed by atoms with Gasteiger partial charge in [0.25, 0.3) is 5.91 Å². The summed E-state index contributed by atoms with van der Waals surface area (Å²) >= 11 is 0. The number of rotatable bonds is 1. The molecule has 2 heterocycles. The molecule has 0 radical (unpaired) electrons. The molecule has 1 aromatic heterocycles. The summed E-state index contributed by atoms with van der Waals surface area (Å²) in [5, 5.41) is 3.73. The van der Waals surface area contributed by atoms with E-state index in [2.05, 4.69) is 10.3 Å². The second-order valence-electron chi connectivity index (χ2n) is 4.85. The number of piperazine rings is 1. The lowest BCUT2D eigenvalue weighted by molar-refractivity contribution is -0.123. The van der Waals surface area contributed by atoms with Gasteiger partial charge in [0, 0.05) is 24.0 Å². The highest BCUT2D eigenvalue weighted by molar-refractivity contribution is 5.99. The van der Waals surface area contributed by atoms with Crippen molar-refractivity contribution >= 4 is 22.7 Å². The molecule has 2 amide bonds. The molecular weight excluding hydrogens is 242 g/mol. The maximum absolute atomic E-state index is 12.3. The monoisotopic (exact) mass is 257 g/mol. The van der Waals surface area contributed by atoms with Crippen LogP contribution in [0.1, 0.15) is 16.1 Å². The van der Waals surface area contributed by atoms with E-state index in [-0.39, 0.29) is 18.4 Å². The van der Waals surface area contributed by atoms with E-state index in [4.69, 9.17) is 0 Å². The van der Waals surface area contributed by atoms with Crippen molar-refractivity contribution in [2.45, 2.75) is 6.92 Å². The quantitative estimate of drug-likeness (QED) is 0.802. The summed E-state index contributed by atoms with van der Waals surface area (Å²) in [4.78, 5) is 28.3. The van der Waals surface area contributed by atoms with Crippen LogP contribution in [-0.4, -0.2) is 41.3 Å². The van der Waals surface area contributed by atoms with E-state index in [1.54, 1.807) is 4.90 Å². The summed E-state index contributed by atoms with van der Waals surface area (Å²) in [7, 11) is 0. The number of amides is 2. The maximum atomic E-state index is 12.3. The van der Waals surface area contributed by atoms with Crippen LogP contribution in [0, 0.1) is 6.92 Å². The van der Waals surface area contributed by atoms with Crippen molar-refractivity contribution in [3.63, 3.8) is 0 Å². The largest absolute Gasteiger partial charge is 0.353 e.